The van der Waals surface area contributed by atoms with Gasteiger partial charge in [0.1, 0.15) is 0 Å². The first kappa shape index (κ1) is 13.1. The van der Waals surface area contributed by atoms with Crippen LogP contribution in [0.25, 0.3) is 0 Å². The lowest BCUT2D eigenvalue weighted by molar-refractivity contribution is -0.384. The van der Waals surface area contributed by atoms with E-state index in [1.807, 2.05) is 0 Å². The van der Waals surface area contributed by atoms with E-state index in [2.05, 4.69) is 25.1 Å². The molecule has 0 spiro atoms. The van der Waals surface area contributed by atoms with Crippen LogP contribution in [0.3, 0.4) is 0 Å². The third-order valence-electron chi connectivity index (χ3n) is 2.23. The van der Waals surface area contributed by atoms with Crippen molar-refractivity contribution in [3.05, 3.63) is 45.6 Å². The van der Waals surface area contributed by atoms with Crippen molar-refractivity contribution in [2.24, 2.45) is 15.9 Å². The monoisotopic (exact) mass is 275 g/mol. The van der Waals surface area contributed by atoms with Crippen LogP contribution in [0.2, 0.25) is 0 Å². The normalized spacial score (nSPS) is 11.9. The molecule has 0 atom stereocenters. The molecule has 0 radical (unpaired) electrons. The molecule has 0 unspecified atom stereocenters. The minimum atomic E-state index is -0.489. The number of benzene rings is 1. The predicted octanol–water partition coefficient (Wildman–Crippen LogP) is 0.299. The summed E-state index contributed by atoms with van der Waals surface area (Å²) in [4.78, 5) is 9.99. The maximum Gasteiger partial charge on any atom is 0.269 e. The van der Waals surface area contributed by atoms with Crippen molar-refractivity contribution < 1.29 is 9.55 Å². The Balaban J connectivity index is 2.10. The highest BCUT2D eigenvalue weighted by Gasteiger charge is 2.09. The summed E-state index contributed by atoms with van der Waals surface area (Å²) in [6.45, 7) is 0. The average Bonchev–Trinajstić information content (AvgIpc) is 2.85. The number of nitro benzene ring substituents is 1. The van der Waals surface area contributed by atoms with Gasteiger partial charge in [-0.1, -0.05) is 0 Å². The molecule has 0 aliphatic carbocycles. The number of amidine groups is 1. The first-order chi connectivity index (χ1) is 9.58. The molecule has 0 saturated carbocycles. The molecule has 0 fully saturated rings. The molecule has 0 aliphatic heterocycles. The summed E-state index contributed by atoms with van der Waals surface area (Å²) >= 11 is 0. The Morgan fingerprint density at radius 1 is 1.35 bits per heavy atom. The number of nitrogen functional groups attached to an aromatic ring is 1. The molecular formula is C10H9N7O3. The number of rotatable bonds is 4. The van der Waals surface area contributed by atoms with Crippen LogP contribution in [0.4, 0.5) is 11.5 Å². The van der Waals surface area contributed by atoms with E-state index >= 15 is 0 Å². The molecule has 0 aliphatic rings. The van der Waals surface area contributed by atoms with E-state index in [1.165, 1.54) is 30.5 Å². The molecule has 0 amide bonds. The number of aromatic nitrogens is 2. The molecule has 10 heteroatoms. The zero-order chi connectivity index (χ0) is 14.5. The van der Waals surface area contributed by atoms with Gasteiger partial charge in [0.2, 0.25) is 0 Å². The first-order valence-corrected chi connectivity index (χ1v) is 5.27. The minimum Gasteiger partial charge on any atom is -0.380 e. The largest absolute Gasteiger partial charge is 0.380 e. The van der Waals surface area contributed by atoms with Gasteiger partial charge < -0.3 is 11.5 Å². The van der Waals surface area contributed by atoms with E-state index in [1.54, 1.807) is 0 Å². The van der Waals surface area contributed by atoms with Gasteiger partial charge in [0.15, 0.2) is 17.3 Å². The zero-order valence-corrected chi connectivity index (χ0v) is 10.0. The Bertz CT molecular complexity index is 674. The Labute approximate surface area is 111 Å². The molecule has 10 nitrogen and oxygen atoms in total. The van der Waals surface area contributed by atoms with Crippen LogP contribution in [0, 0.1) is 10.1 Å². The lowest BCUT2D eigenvalue weighted by Gasteiger charge is -1.93. The molecule has 2 rings (SSSR count). The predicted molar refractivity (Wildman–Crippen MR) is 70.1 cm³/mol. The van der Waals surface area contributed by atoms with E-state index in [9.17, 15) is 10.1 Å². The van der Waals surface area contributed by atoms with E-state index in [4.69, 9.17) is 11.5 Å². The van der Waals surface area contributed by atoms with Crippen molar-refractivity contribution in [2.75, 3.05) is 5.73 Å². The standard InChI is InChI=1S/C10H9N7O3/c11-9(8-10(12)16-20-15-8)14-13-5-6-1-3-7(4-2-6)17(18)19/h1-5H,(H2,11,14)(H2,12,16)/b13-5+. The summed E-state index contributed by atoms with van der Waals surface area (Å²) in [5.41, 5.74) is 11.7. The highest BCUT2D eigenvalue weighted by Crippen LogP contribution is 2.10. The van der Waals surface area contributed by atoms with Gasteiger partial charge >= 0.3 is 0 Å². The second kappa shape index (κ2) is 5.56. The van der Waals surface area contributed by atoms with Gasteiger partial charge in [-0.25, -0.2) is 4.63 Å². The summed E-state index contributed by atoms with van der Waals surface area (Å²) in [6.07, 6.45) is 1.38. The second-order valence-electron chi connectivity index (χ2n) is 3.58. The van der Waals surface area contributed by atoms with Gasteiger partial charge in [0, 0.05) is 12.1 Å². The van der Waals surface area contributed by atoms with Crippen LogP contribution in [-0.4, -0.2) is 27.3 Å². The van der Waals surface area contributed by atoms with E-state index in [0.717, 1.165) is 0 Å². The highest BCUT2D eigenvalue weighted by molar-refractivity contribution is 5.99. The van der Waals surface area contributed by atoms with Crippen LogP contribution < -0.4 is 11.5 Å². The summed E-state index contributed by atoms with van der Waals surface area (Å²) in [6, 6.07) is 5.76. The third kappa shape index (κ3) is 2.93. The summed E-state index contributed by atoms with van der Waals surface area (Å²) < 4.78 is 4.37. The SMILES string of the molecule is NC(=N/N=C/c1ccc([N+](=O)[O-])cc1)c1nonc1N. The minimum absolute atomic E-state index is 0.00777. The lowest BCUT2D eigenvalue weighted by Crippen LogP contribution is -2.15. The van der Waals surface area contributed by atoms with Gasteiger partial charge in [-0.3, -0.25) is 10.1 Å². The molecule has 2 aromatic rings. The Hall–Kier alpha value is -3.30. The first-order valence-electron chi connectivity index (χ1n) is 5.27. The zero-order valence-electron chi connectivity index (χ0n) is 10.0. The van der Waals surface area contributed by atoms with Crippen molar-refractivity contribution in [3.63, 3.8) is 0 Å². The van der Waals surface area contributed by atoms with Crippen LogP contribution >= 0.6 is 0 Å². The third-order valence-corrected chi connectivity index (χ3v) is 2.23. The highest BCUT2D eigenvalue weighted by atomic mass is 16.6. The maximum atomic E-state index is 10.5. The van der Waals surface area contributed by atoms with E-state index < -0.39 is 4.92 Å². The van der Waals surface area contributed by atoms with Gasteiger partial charge in [-0.05, 0) is 28.0 Å². The van der Waals surface area contributed by atoms with Crippen molar-refractivity contribution in [2.45, 2.75) is 0 Å². The van der Waals surface area contributed by atoms with Crippen LogP contribution in [-0.2, 0) is 0 Å². The lowest BCUT2D eigenvalue weighted by atomic mass is 10.2. The summed E-state index contributed by atoms with van der Waals surface area (Å²) in [5.74, 6) is -0.0429. The molecule has 0 saturated heterocycles. The Morgan fingerprint density at radius 3 is 2.60 bits per heavy atom. The van der Waals surface area contributed by atoms with Crippen molar-refractivity contribution in [3.8, 4) is 0 Å². The molecule has 0 bridgehead atoms. The Morgan fingerprint density at radius 2 is 2.05 bits per heavy atom. The summed E-state index contributed by atoms with van der Waals surface area (Å²) in [7, 11) is 0. The van der Waals surface area contributed by atoms with E-state index in [0.29, 0.717) is 5.56 Å². The van der Waals surface area contributed by atoms with Crippen molar-refractivity contribution >= 4 is 23.6 Å². The van der Waals surface area contributed by atoms with Crippen molar-refractivity contribution in [1.29, 1.82) is 0 Å². The number of nitrogens with zero attached hydrogens (tertiary/aromatic N) is 5. The van der Waals surface area contributed by atoms with Gasteiger partial charge in [0.25, 0.3) is 5.69 Å². The van der Waals surface area contributed by atoms with Crippen LogP contribution in [0.15, 0.2) is 39.1 Å². The fourth-order valence-corrected chi connectivity index (χ4v) is 1.26. The molecule has 1 aromatic carbocycles. The molecule has 20 heavy (non-hydrogen) atoms. The quantitative estimate of drug-likeness (QED) is 0.351. The molecule has 1 heterocycles. The maximum absolute atomic E-state index is 10.5. The second-order valence-corrected chi connectivity index (χ2v) is 3.58. The molecule has 102 valence electrons. The Kier molecular flexibility index (Phi) is 3.65. The number of hydrogen-bond donors (Lipinski definition) is 2. The molecule has 4 N–H and O–H groups in total. The number of nitro groups is 1. The van der Waals surface area contributed by atoms with Gasteiger partial charge in [0.05, 0.1) is 11.1 Å². The number of hydrogen-bond acceptors (Lipinski definition) is 8. The van der Waals surface area contributed by atoms with Gasteiger partial charge in [-0.2, -0.15) is 5.10 Å². The number of non-ortho nitro benzene ring substituents is 1. The topological polar surface area (TPSA) is 159 Å². The van der Waals surface area contributed by atoms with Crippen molar-refractivity contribution in [1.82, 2.24) is 10.3 Å². The number of nitrogens with two attached hydrogens (primary N) is 2. The van der Waals surface area contributed by atoms with Gasteiger partial charge in [-0.15, -0.1) is 5.10 Å². The fourth-order valence-electron chi connectivity index (χ4n) is 1.26. The molecule has 1 aromatic heterocycles. The van der Waals surface area contributed by atoms with Crippen LogP contribution in [0.1, 0.15) is 11.3 Å². The average molecular weight is 275 g/mol. The van der Waals surface area contributed by atoms with Crippen LogP contribution in [0.5, 0.6) is 0 Å². The summed E-state index contributed by atoms with van der Waals surface area (Å²) in [5, 5.41) is 24.7. The fraction of sp³-hybridized carbons (Fsp3) is 0. The number of anilines is 1. The smallest absolute Gasteiger partial charge is 0.269 e. The molecular weight excluding hydrogens is 266 g/mol. The van der Waals surface area contributed by atoms with E-state index in [-0.39, 0.29) is 23.0 Å².